The van der Waals surface area contributed by atoms with Crippen molar-refractivity contribution in [3.05, 3.63) is 34.9 Å². The van der Waals surface area contributed by atoms with Crippen molar-refractivity contribution >= 4 is 0 Å². The lowest BCUT2D eigenvalue weighted by molar-refractivity contribution is -0.00791. The van der Waals surface area contributed by atoms with Gasteiger partial charge in [-0.05, 0) is 37.0 Å². The first-order valence-electron chi connectivity index (χ1n) is 4.90. The lowest BCUT2D eigenvalue weighted by atomic mass is 9.94. The average Bonchev–Trinajstić information content (AvgIpc) is 2.42. The largest absolute Gasteiger partial charge is 0.366 e. The quantitative estimate of drug-likeness (QED) is 0.639. The molecule has 0 unspecified atom stereocenters. The van der Waals surface area contributed by atoms with Crippen molar-refractivity contribution in [1.82, 2.24) is 0 Å². The molecule has 1 heteroatoms. The van der Waals surface area contributed by atoms with Crippen LogP contribution in [0.1, 0.15) is 37.5 Å². The summed E-state index contributed by atoms with van der Waals surface area (Å²) in [6.45, 7) is 7.23. The van der Waals surface area contributed by atoms with Crippen molar-refractivity contribution in [2.75, 3.05) is 0 Å². The maximum atomic E-state index is 5.71. The van der Waals surface area contributed by atoms with Gasteiger partial charge in [-0.25, -0.2) is 0 Å². The highest BCUT2D eigenvalue weighted by Gasteiger charge is 2.30. The van der Waals surface area contributed by atoms with Gasteiger partial charge in [0.1, 0.15) is 0 Å². The van der Waals surface area contributed by atoms with Crippen LogP contribution in [0.3, 0.4) is 0 Å². The Bertz CT molecular complexity index is 326. The molecule has 1 aliphatic rings. The Morgan fingerprint density at radius 1 is 1.38 bits per heavy atom. The zero-order valence-electron chi connectivity index (χ0n) is 8.55. The van der Waals surface area contributed by atoms with Gasteiger partial charge in [-0.1, -0.05) is 25.1 Å². The molecule has 0 spiro atoms. The van der Waals surface area contributed by atoms with Crippen LogP contribution in [0.15, 0.2) is 18.2 Å². The molecule has 0 amide bonds. The van der Waals surface area contributed by atoms with E-state index in [0.717, 1.165) is 13.0 Å². The molecule has 0 saturated carbocycles. The molecule has 1 aromatic rings. The number of hydrogen-bond donors (Lipinski definition) is 0. The van der Waals surface area contributed by atoms with Crippen LogP contribution in [0.4, 0.5) is 0 Å². The van der Waals surface area contributed by atoms with Crippen LogP contribution in [0.25, 0.3) is 0 Å². The second-order valence-electron chi connectivity index (χ2n) is 4.14. The van der Waals surface area contributed by atoms with Crippen molar-refractivity contribution < 1.29 is 4.74 Å². The minimum atomic E-state index is -0.0828. The number of fused-ring (bicyclic) bond motifs is 1. The standard InChI is InChI=1S/C12H16O/c1-4-9-5-6-10-8-13-12(2,3)11(10)7-9/h5-7H,4,8H2,1-3H3. The first kappa shape index (κ1) is 8.76. The molecular formula is C12H16O. The monoisotopic (exact) mass is 176 g/mol. The van der Waals surface area contributed by atoms with Gasteiger partial charge < -0.3 is 4.74 Å². The van der Waals surface area contributed by atoms with Crippen molar-refractivity contribution in [2.45, 2.75) is 39.4 Å². The second kappa shape index (κ2) is 2.85. The molecule has 13 heavy (non-hydrogen) atoms. The van der Waals surface area contributed by atoms with E-state index in [1.165, 1.54) is 16.7 Å². The smallest absolute Gasteiger partial charge is 0.0883 e. The Kier molecular flexibility index (Phi) is 1.92. The molecule has 1 nitrogen and oxygen atoms in total. The topological polar surface area (TPSA) is 9.23 Å². The molecule has 0 N–H and O–H groups in total. The van der Waals surface area contributed by atoms with Gasteiger partial charge in [0, 0.05) is 0 Å². The molecule has 1 aliphatic heterocycles. The zero-order chi connectivity index (χ0) is 9.47. The Labute approximate surface area is 79.7 Å². The average molecular weight is 176 g/mol. The lowest BCUT2D eigenvalue weighted by Crippen LogP contribution is -2.14. The van der Waals surface area contributed by atoms with Crippen molar-refractivity contribution in [1.29, 1.82) is 0 Å². The van der Waals surface area contributed by atoms with E-state index < -0.39 is 0 Å². The second-order valence-corrected chi connectivity index (χ2v) is 4.14. The first-order chi connectivity index (χ1) is 6.13. The first-order valence-corrected chi connectivity index (χ1v) is 4.90. The highest BCUT2D eigenvalue weighted by atomic mass is 16.5. The molecule has 70 valence electrons. The normalized spacial score (nSPS) is 18.7. The fourth-order valence-corrected chi connectivity index (χ4v) is 1.87. The fraction of sp³-hybridized carbons (Fsp3) is 0.500. The number of aryl methyl sites for hydroxylation is 1. The van der Waals surface area contributed by atoms with E-state index in [2.05, 4.69) is 39.0 Å². The fourth-order valence-electron chi connectivity index (χ4n) is 1.87. The summed E-state index contributed by atoms with van der Waals surface area (Å²) in [6, 6.07) is 6.68. The molecule has 0 bridgehead atoms. The molecule has 2 rings (SSSR count). The van der Waals surface area contributed by atoms with Crippen LogP contribution in [-0.2, 0) is 23.4 Å². The summed E-state index contributed by atoms with van der Waals surface area (Å²) in [4.78, 5) is 0. The zero-order valence-corrected chi connectivity index (χ0v) is 8.55. The summed E-state index contributed by atoms with van der Waals surface area (Å²) < 4.78 is 5.71. The van der Waals surface area contributed by atoms with Crippen LogP contribution >= 0.6 is 0 Å². The summed E-state index contributed by atoms with van der Waals surface area (Å²) in [5.41, 5.74) is 4.03. The number of hydrogen-bond acceptors (Lipinski definition) is 1. The number of ether oxygens (including phenoxy) is 1. The van der Waals surface area contributed by atoms with Gasteiger partial charge in [0.15, 0.2) is 0 Å². The Balaban J connectivity index is 2.50. The lowest BCUT2D eigenvalue weighted by Gasteiger charge is -2.18. The third kappa shape index (κ3) is 1.37. The van der Waals surface area contributed by atoms with E-state index in [-0.39, 0.29) is 5.60 Å². The minimum absolute atomic E-state index is 0.0828. The van der Waals surface area contributed by atoms with Crippen molar-refractivity contribution in [3.8, 4) is 0 Å². The van der Waals surface area contributed by atoms with E-state index >= 15 is 0 Å². The molecule has 1 aromatic carbocycles. The third-order valence-corrected chi connectivity index (χ3v) is 2.82. The molecular weight excluding hydrogens is 160 g/mol. The Morgan fingerprint density at radius 2 is 2.15 bits per heavy atom. The maximum Gasteiger partial charge on any atom is 0.0883 e. The van der Waals surface area contributed by atoms with Gasteiger partial charge in [-0.15, -0.1) is 0 Å². The molecule has 0 fully saturated rings. The summed E-state index contributed by atoms with van der Waals surface area (Å²) in [7, 11) is 0. The van der Waals surface area contributed by atoms with E-state index in [4.69, 9.17) is 4.74 Å². The van der Waals surface area contributed by atoms with E-state index in [0.29, 0.717) is 0 Å². The molecule has 1 heterocycles. The molecule has 0 radical (unpaired) electrons. The predicted octanol–water partition coefficient (Wildman–Crippen LogP) is 3.01. The van der Waals surface area contributed by atoms with Gasteiger partial charge in [-0.2, -0.15) is 0 Å². The maximum absolute atomic E-state index is 5.71. The highest BCUT2D eigenvalue weighted by molar-refractivity contribution is 5.37. The predicted molar refractivity (Wildman–Crippen MR) is 53.6 cm³/mol. The Hall–Kier alpha value is -0.820. The molecule has 0 atom stereocenters. The van der Waals surface area contributed by atoms with E-state index in [1.54, 1.807) is 0 Å². The summed E-state index contributed by atoms with van der Waals surface area (Å²) >= 11 is 0. The van der Waals surface area contributed by atoms with Gasteiger partial charge in [0.2, 0.25) is 0 Å². The van der Waals surface area contributed by atoms with Crippen LogP contribution in [-0.4, -0.2) is 0 Å². The van der Waals surface area contributed by atoms with Crippen LogP contribution < -0.4 is 0 Å². The van der Waals surface area contributed by atoms with E-state index in [9.17, 15) is 0 Å². The summed E-state index contributed by atoms with van der Waals surface area (Å²) in [5.74, 6) is 0. The van der Waals surface area contributed by atoms with Gasteiger partial charge in [0.05, 0.1) is 12.2 Å². The molecule has 0 aromatic heterocycles. The number of rotatable bonds is 1. The van der Waals surface area contributed by atoms with Crippen LogP contribution in [0, 0.1) is 0 Å². The third-order valence-electron chi connectivity index (χ3n) is 2.82. The highest BCUT2D eigenvalue weighted by Crippen LogP contribution is 2.36. The van der Waals surface area contributed by atoms with Crippen LogP contribution in [0.5, 0.6) is 0 Å². The van der Waals surface area contributed by atoms with Crippen molar-refractivity contribution in [3.63, 3.8) is 0 Å². The van der Waals surface area contributed by atoms with Crippen LogP contribution in [0.2, 0.25) is 0 Å². The molecule has 0 saturated heterocycles. The minimum Gasteiger partial charge on any atom is -0.366 e. The molecule has 0 aliphatic carbocycles. The van der Waals surface area contributed by atoms with Gasteiger partial charge in [0.25, 0.3) is 0 Å². The van der Waals surface area contributed by atoms with Gasteiger partial charge in [-0.3, -0.25) is 0 Å². The number of benzene rings is 1. The van der Waals surface area contributed by atoms with Crippen molar-refractivity contribution in [2.24, 2.45) is 0 Å². The summed E-state index contributed by atoms with van der Waals surface area (Å²) in [6.07, 6.45) is 1.10. The van der Waals surface area contributed by atoms with Gasteiger partial charge >= 0.3 is 0 Å². The summed E-state index contributed by atoms with van der Waals surface area (Å²) in [5, 5.41) is 0. The Morgan fingerprint density at radius 3 is 2.85 bits per heavy atom. The van der Waals surface area contributed by atoms with E-state index in [1.807, 2.05) is 0 Å². The SMILES string of the molecule is CCc1ccc2c(c1)C(C)(C)OC2.